The van der Waals surface area contributed by atoms with E-state index >= 15 is 0 Å². The lowest BCUT2D eigenvalue weighted by Crippen LogP contribution is -2.42. The van der Waals surface area contributed by atoms with Gasteiger partial charge in [-0.25, -0.2) is 0 Å². The van der Waals surface area contributed by atoms with Crippen LogP contribution in [-0.4, -0.2) is 44.0 Å². The van der Waals surface area contributed by atoms with Gasteiger partial charge in [0.25, 0.3) is 5.91 Å². The number of anilines is 1. The molecule has 1 saturated heterocycles. The summed E-state index contributed by atoms with van der Waals surface area (Å²) in [5, 5.41) is 11.3. The van der Waals surface area contributed by atoms with Gasteiger partial charge >= 0.3 is 0 Å². The Balaban J connectivity index is 1.56. The van der Waals surface area contributed by atoms with E-state index in [1.807, 2.05) is 34.0 Å². The fourth-order valence-electron chi connectivity index (χ4n) is 3.20. The lowest BCUT2D eigenvalue weighted by atomic mass is 10.1. The number of nitrogens with zero attached hydrogens (tertiary/aromatic N) is 5. The highest BCUT2D eigenvalue weighted by Crippen LogP contribution is 2.22. The molecular weight excluding hydrogens is 320 g/mol. The number of amides is 2. The maximum Gasteiger partial charge on any atom is 0.250 e. The van der Waals surface area contributed by atoms with Gasteiger partial charge in [0.2, 0.25) is 5.91 Å². The molecule has 0 aromatic carbocycles. The molecule has 0 aliphatic carbocycles. The second-order valence-electron chi connectivity index (χ2n) is 6.55. The minimum atomic E-state index is -0.460. The molecule has 0 saturated carbocycles. The molecule has 1 fully saturated rings. The Morgan fingerprint density at radius 2 is 2.08 bits per heavy atom. The van der Waals surface area contributed by atoms with Gasteiger partial charge in [-0.2, -0.15) is 10.2 Å². The highest BCUT2D eigenvalue weighted by molar-refractivity contribution is 6.00. The van der Waals surface area contributed by atoms with Crippen molar-refractivity contribution < 1.29 is 9.59 Å². The van der Waals surface area contributed by atoms with Crippen LogP contribution in [0.3, 0.4) is 0 Å². The lowest BCUT2D eigenvalue weighted by molar-refractivity contribution is -0.126. The minimum absolute atomic E-state index is 0.0751. The van der Waals surface area contributed by atoms with Crippen LogP contribution in [0.25, 0.3) is 0 Å². The van der Waals surface area contributed by atoms with Crippen LogP contribution in [0.4, 0.5) is 5.82 Å². The van der Waals surface area contributed by atoms with Gasteiger partial charge in [0, 0.05) is 38.8 Å². The summed E-state index contributed by atoms with van der Waals surface area (Å²) in [6, 6.07) is 1.42. The van der Waals surface area contributed by atoms with E-state index in [-0.39, 0.29) is 11.8 Å². The zero-order valence-electron chi connectivity index (χ0n) is 15.1. The molecule has 0 spiro atoms. The van der Waals surface area contributed by atoms with Crippen LogP contribution in [0, 0.1) is 13.8 Å². The summed E-state index contributed by atoms with van der Waals surface area (Å²) >= 11 is 0. The SMILES string of the molecule is Cc1cc(N2CC[C@H](NC(=O)CCc3cnn(C)c3C)C2=O)n(C)n1. The maximum atomic E-state index is 12.6. The summed E-state index contributed by atoms with van der Waals surface area (Å²) in [6.45, 7) is 4.46. The summed E-state index contributed by atoms with van der Waals surface area (Å²) in [5.41, 5.74) is 2.98. The number of hydrogen-bond donors (Lipinski definition) is 1. The largest absolute Gasteiger partial charge is 0.344 e. The van der Waals surface area contributed by atoms with Gasteiger partial charge in [-0.1, -0.05) is 0 Å². The fraction of sp³-hybridized carbons (Fsp3) is 0.529. The van der Waals surface area contributed by atoms with Crippen molar-refractivity contribution in [3.63, 3.8) is 0 Å². The minimum Gasteiger partial charge on any atom is -0.344 e. The number of aryl methyl sites for hydroxylation is 4. The normalized spacial score (nSPS) is 17.4. The summed E-state index contributed by atoms with van der Waals surface area (Å²) < 4.78 is 3.49. The van der Waals surface area contributed by atoms with Crippen molar-refractivity contribution in [3.05, 3.63) is 29.2 Å². The first kappa shape index (κ1) is 17.2. The van der Waals surface area contributed by atoms with Crippen LogP contribution in [0.1, 0.15) is 29.8 Å². The molecule has 8 nitrogen and oxygen atoms in total. The van der Waals surface area contributed by atoms with E-state index in [1.165, 1.54) is 0 Å². The molecule has 2 aromatic heterocycles. The van der Waals surface area contributed by atoms with Gasteiger partial charge < -0.3 is 5.32 Å². The van der Waals surface area contributed by atoms with Gasteiger partial charge in [0.15, 0.2) is 0 Å². The molecule has 3 rings (SSSR count). The Morgan fingerprint density at radius 1 is 1.32 bits per heavy atom. The van der Waals surface area contributed by atoms with Crippen LogP contribution in [-0.2, 0) is 30.1 Å². The monoisotopic (exact) mass is 344 g/mol. The van der Waals surface area contributed by atoms with Crippen LogP contribution in [0.5, 0.6) is 0 Å². The molecule has 8 heteroatoms. The predicted molar refractivity (Wildman–Crippen MR) is 93.1 cm³/mol. The number of nitrogens with one attached hydrogen (secondary N) is 1. The van der Waals surface area contributed by atoms with E-state index in [2.05, 4.69) is 15.5 Å². The average Bonchev–Trinajstić information content (AvgIpc) is 3.18. The zero-order chi connectivity index (χ0) is 18.1. The zero-order valence-corrected chi connectivity index (χ0v) is 15.1. The molecule has 25 heavy (non-hydrogen) atoms. The smallest absolute Gasteiger partial charge is 0.250 e. The van der Waals surface area contributed by atoms with E-state index in [0.717, 1.165) is 22.8 Å². The highest BCUT2D eigenvalue weighted by Gasteiger charge is 2.34. The van der Waals surface area contributed by atoms with Crippen molar-refractivity contribution in [2.75, 3.05) is 11.4 Å². The van der Waals surface area contributed by atoms with Crippen LogP contribution >= 0.6 is 0 Å². The van der Waals surface area contributed by atoms with E-state index < -0.39 is 6.04 Å². The van der Waals surface area contributed by atoms with Gasteiger partial charge in [-0.05, 0) is 32.3 Å². The van der Waals surface area contributed by atoms with Crippen LogP contribution in [0.2, 0.25) is 0 Å². The van der Waals surface area contributed by atoms with E-state index in [9.17, 15) is 9.59 Å². The molecule has 2 aromatic rings. The molecular formula is C17H24N6O2. The van der Waals surface area contributed by atoms with Crippen molar-refractivity contribution in [2.45, 2.75) is 39.2 Å². The second kappa shape index (κ2) is 6.70. The third-order valence-electron chi connectivity index (χ3n) is 4.75. The van der Waals surface area contributed by atoms with Gasteiger partial charge in [0.1, 0.15) is 11.9 Å². The number of hydrogen-bond acceptors (Lipinski definition) is 4. The molecule has 1 aliphatic heterocycles. The van der Waals surface area contributed by atoms with Crippen LogP contribution in [0.15, 0.2) is 12.3 Å². The van der Waals surface area contributed by atoms with E-state index in [0.29, 0.717) is 25.8 Å². The molecule has 1 atom stereocenters. The summed E-state index contributed by atoms with van der Waals surface area (Å²) in [6.07, 6.45) is 3.37. The first-order chi connectivity index (χ1) is 11.9. The Morgan fingerprint density at radius 3 is 2.68 bits per heavy atom. The van der Waals surface area contributed by atoms with E-state index in [1.54, 1.807) is 20.5 Å². The molecule has 0 radical (unpaired) electrons. The molecule has 3 heterocycles. The third kappa shape index (κ3) is 3.42. The number of aromatic nitrogens is 4. The van der Waals surface area contributed by atoms with Crippen molar-refractivity contribution in [1.29, 1.82) is 0 Å². The van der Waals surface area contributed by atoms with Gasteiger partial charge in [-0.15, -0.1) is 0 Å². The third-order valence-corrected chi connectivity index (χ3v) is 4.75. The topological polar surface area (TPSA) is 85.0 Å². The van der Waals surface area contributed by atoms with E-state index in [4.69, 9.17) is 0 Å². The molecule has 0 unspecified atom stereocenters. The molecule has 2 amide bonds. The molecule has 1 N–H and O–H groups in total. The Bertz CT molecular complexity index is 806. The number of carbonyl (C=O) groups is 2. The van der Waals surface area contributed by atoms with Crippen molar-refractivity contribution in [1.82, 2.24) is 24.9 Å². The second-order valence-corrected chi connectivity index (χ2v) is 6.55. The lowest BCUT2D eigenvalue weighted by Gasteiger charge is -2.17. The van der Waals surface area contributed by atoms with Gasteiger partial charge in [-0.3, -0.25) is 23.9 Å². The highest BCUT2D eigenvalue weighted by atomic mass is 16.2. The Kier molecular flexibility index (Phi) is 4.61. The average molecular weight is 344 g/mol. The van der Waals surface area contributed by atoms with Crippen molar-refractivity contribution >= 4 is 17.6 Å². The standard InChI is InChI=1S/C17H24N6O2/c1-11-9-16(22(4)20-11)23-8-7-14(17(23)25)19-15(24)6-5-13-10-18-21(3)12(13)2/h9-10,14H,5-8H2,1-4H3,(H,19,24)/t14-/m0/s1. The van der Waals surface area contributed by atoms with Gasteiger partial charge in [0.05, 0.1) is 11.9 Å². The summed E-state index contributed by atoms with van der Waals surface area (Å²) in [4.78, 5) is 26.5. The van der Waals surface area contributed by atoms with Crippen molar-refractivity contribution in [3.8, 4) is 0 Å². The van der Waals surface area contributed by atoms with Crippen molar-refractivity contribution in [2.24, 2.45) is 14.1 Å². The fourth-order valence-corrected chi connectivity index (χ4v) is 3.20. The summed E-state index contributed by atoms with van der Waals surface area (Å²) in [7, 11) is 3.70. The molecule has 1 aliphatic rings. The molecule has 134 valence electrons. The number of carbonyl (C=O) groups excluding carboxylic acids is 2. The maximum absolute atomic E-state index is 12.6. The number of rotatable bonds is 5. The Hall–Kier alpha value is -2.64. The van der Waals surface area contributed by atoms with Crippen LogP contribution < -0.4 is 10.2 Å². The predicted octanol–water partition coefficient (Wildman–Crippen LogP) is 0.625. The quantitative estimate of drug-likeness (QED) is 0.862. The molecule has 0 bridgehead atoms. The summed E-state index contributed by atoms with van der Waals surface area (Å²) in [5.74, 6) is 0.587. The Labute approximate surface area is 146 Å². The first-order valence-corrected chi connectivity index (χ1v) is 8.45. The first-order valence-electron chi connectivity index (χ1n) is 8.45.